The number of nitrogens with two attached hydrogens (primary N) is 1. The molecule has 0 aliphatic heterocycles. The molecule has 0 aliphatic carbocycles. The molecule has 0 aliphatic rings. The molecule has 2 rings (SSSR count). The minimum Gasteiger partial charge on any atom is -0.494 e. The van der Waals surface area contributed by atoms with E-state index in [0.717, 1.165) is 24.9 Å². The first-order valence-corrected chi connectivity index (χ1v) is 6.52. The maximum atomic E-state index is 13.6. The van der Waals surface area contributed by atoms with Gasteiger partial charge in [0, 0.05) is 18.7 Å². The Morgan fingerprint density at radius 3 is 2.79 bits per heavy atom. The van der Waals surface area contributed by atoms with E-state index in [2.05, 4.69) is 18.8 Å². The minimum absolute atomic E-state index is 0.220. The van der Waals surface area contributed by atoms with Gasteiger partial charge in [-0.25, -0.2) is 9.37 Å². The zero-order valence-electron chi connectivity index (χ0n) is 11.6. The number of nitrogen functional groups attached to an aromatic ring is 1. The van der Waals surface area contributed by atoms with E-state index < -0.39 is 5.82 Å². The van der Waals surface area contributed by atoms with E-state index in [1.54, 1.807) is 6.07 Å². The molecule has 0 radical (unpaired) electrons. The summed E-state index contributed by atoms with van der Waals surface area (Å²) in [5, 5.41) is 0. The lowest BCUT2D eigenvalue weighted by Crippen LogP contribution is -2.04. The summed E-state index contributed by atoms with van der Waals surface area (Å²) in [5.74, 6) is 0.883. The Morgan fingerprint density at radius 1 is 1.42 bits per heavy atom. The molecule has 0 saturated heterocycles. The van der Waals surface area contributed by atoms with E-state index >= 15 is 0 Å². The maximum Gasteiger partial charge on any atom is 0.201 e. The largest absolute Gasteiger partial charge is 0.494 e. The molecule has 0 atom stereocenters. The highest BCUT2D eigenvalue weighted by atomic mass is 19.1. The number of imidazole rings is 1. The molecule has 19 heavy (non-hydrogen) atoms. The van der Waals surface area contributed by atoms with Gasteiger partial charge in [-0.05, 0) is 18.8 Å². The maximum absolute atomic E-state index is 13.6. The second-order valence-electron chi connectivity index (χ2n) is 5.13. The summed E-state index contributed by atoms with van der Waals surface area (Å²) in [6.45, 7) is 5.16. The molecule has 2 aromatic rings. The monoisotopic (exact) mass is 265 g/mol. The lowest BCUT2D eigenvalue weighted by Gasteiger charge is -2.09. The molecule has 0 amide bonds. The van der Waals surface area contributed by atoms with Crippen LogP contribution in [0, 0.1) is 11.7 Å². The average Bonchev–Trinajstić information content (AvgIpc) is 2.63. The highest BCUT2D eigenvalue weighted by molar-refractivity contribution is 5.80. The SMILES string of the molecule is COc1cc2c(cc1F)nc(N)n2CCCC(C)C. The average molecular weight is 265 g/mol. The van der Waals surface area contributed by atoms with Crippen LogP contribution < -0.4 is 10.5 Å². The fraction of sp³-hybridized carbons (Fsp3) is 0.500. The summed E-state index contributed by atoms with van der Waals surface area (Å²) in [7, 11) is 1.45. The van der Waals surface area contributed by atoms with Crippen molar-refractivity contribution in [3.05, 3.63) is 17.9 Å². The lowest BCUT2D eigenvalue weighted by atomic mass is 10.1. The van der Waals surface area contributed by atoms with Crippen LogP contribution in [0.2, 0.25) is 0 Å². The summed E-state index contributed by atoms with van der Waals surface area (Å²) < 4.78 is 20.5. The Balaban J connectivity index is 2.34. The quantitative estimate of drug-likeness (QED) is 0.903. The van der Waals surface area contributed by atoms with Gasteiger partial charge in [0.25, 0.3) is 0 Å². The van der Waals surface area contributed by atoms with Gasteiger partial charge in [0.05, 0.1) is 18.1 Å². The first-order valence-electron chi connectivity index (χ1n) is 6.52. The second kappa shape index (κ2) is 5.47. The number of methoxy groups -OCH3 is 1. The van der Waals surface area contributed by atoms with Crippen LogP contribution in [-0.2, 0) is 6.54 Å². The van der Waals surface area contributed by atoms with Crippen LogP contribution in [0.4, 0.5) is 10.3 Å². The Hall–Kier alpha value is -1.78. The number of hydrogen-bond donors (Lipinski definition) is 1. The van der Waals surface area contributed by atoms with E-state index in [0.29, 0.717) is 17.4 Å². The number of benzene rings is 1. The van der Waals surface area contributed by atoms with Crippen LogP contribution in [0.3, 0.4) is 0 Å². The van der Waals surface area contributed by atoms with Crippen molar-refractivity contribution in [1.82, 2.24) is 9.55 Å². The predicted octanol–water partition coefficient (Wildman–Crippen LogP) is 3.20. The van der Waals surface area contributed by atoms with E-state index in [4.69, 9.17) is 10.5 Å². The van der Waals surface area contributed by atoms with E-state index in [-0.39, 0.29) is 5.75 Å². The predicted molar refractivity (Wildman–Crippen MR) is 74.7 cm³/mol. The molecule has 1 aromatic carbocycles. The molecule has 0 spiro atoms. The summed E-state index contributed by atoms with van der Waals surface area (Å²) in [4.78, 5) is 4.19. The van der Waals surface area contributed by atoms with Crippen LogP contribution >= 0.6 is 0 Å². The summed E-state index contributed by atoms with van der Waals surface area (Å²) in [5.41, 5.74) is 7.29. The second-order valence-corrected chi connectivity index (χ2v) is 5.13. The smallest absolute Gasteiger partial charge is 0.201 e. The topological polar surface area (TPSA) is 53.1 Å². The highest BCUT2D eigenvalue weighted by Gasteiger charge is 2.12. The third kappa shape index (κ3) is 2.80. The third-order valence-electron chi connectivity index (χ3n) is 3.21. The number of ether oxygens (including phenoxy) is 1. The standard InChI is InChI=1S/C14H20FN3O/c1-9(2)5-4-6-18-12-8-13(19-3)10(15)7-11(12)17-14(18)16/h7-9H,4-6H2,1-3H3,(H2,16,17). The van der Waals surface area contributed by atoms with Crippen molar-refractivity contribution in [2.75, 3.05) is 12.8 Å². The van der Waals surface area contributed by atoms with Gasteiger partial charge < -0.3 is 15.0 Å². The van der Waals surface area contributed by atoms with E-state index in [9.17, 15) is 4.39 Å². The Labute approximate surface area is 112 Å². The van der Waals surface area contributed by atoms with Crippen LogP contribution in [0.5, 0.6) is 5.75 Å². The lowest BCUT2D eigenvalue weighted by molar-refractivity contribution is 0.387. The minimum atomic E-state index is -0.415. The number of rotatable bonds is 5. The number of halogens is 1. The van der Waals surface area contributed by atoms with Crippen molar-refractivity contribution in [3.63, 3.8) is 0 Å². The van der Waals surface area contributed by atoms with Crippen molar-refractivity contribution in [1.29, 1.82) is 0 Å². The molecule has 0 fully saturated rings. The van der Waals surface area contributed by atoms with Gasteiger partial charge in [-0.1, -0.05) is 13.8 Å². The zero-order chi connectivity index (χ0) is 14.0. The molecule has 5 heteroatoms. The molecule has 2 N–H and O–H groups in total. The van der Waals surface area contributed by atoms with Crippen molar-refractivity contribution < 1.29 is 9.13 Å². The van der Waals surface area contributed by atoms with E-state index in [1.165, 1.54) is 13.2 Å². The number of fused-ring (bicyclic) bond motifs is 1. The van der Waals surface area contributed by atoms with Gasteiger partial charge in [0.1, 0.15) is 0 Å². The van der Waals surface area contributed by atoms with Crippen LogP contribution in [0.25, 0.3) is 11.0 Å². The molecular formula is C14H20FN3O. The van der Waals surface area contributed by atoms with Gasteiger partial charge in [-0.2, -0.15) is 0 Å². The van der Waals surface area contributed by atoms with Crippen LogP contribution in [0.15, 0.2) is 12.1 Å². The Morgan fingerprint density at radius 2 is 2.16 bits per heavy atom. The van der Waals surface area contributed by atoms with Gasteiger partial charge in [0.2, 0.25) is 5.95 Å². The molecule has 0 saturated carbocycles. The normalized spacial score (nSPS) is 11.4. The molecule has 0 unspecified atom stereocenters. The van der Waals surface area contributed by atoms with E-state index in [1.807, 2.05) is 4.57 Å². The molecule has 4 nitrogen and oxygen atoms in total. The number of nitrogens with zero attached hydrogens (tertiary/aromatic N) is 2. The van der Waals surface area contributed by atoms with Gasteiger partial charge in [0.15, 0.2) is 11.6 Å². The number of aromatic nitrogens is 2. The number of hydrogen-bond acceptors (Lipinski definition) is 3. The number of anilines is 1. The first kappa shape index (κ1) is 13.6. The zero-order valence-corrected chi connectivity index (χ0v) is 11.6. The highest BCUT2D eigenvalue weighted by Crippen LogP contribution is 2.26. The van der Waals surface area contributed by atoms with Gasteiger partial charge in [-0.3, -0.25) is 0 Å². The summed E-state index contributed by atoms with van der Waals surface area (Å²) >= 11 is 0. The van der Waals surface area contributed by atoms with Crippen molar-refractivity contribution >= 4 is 17.0 Å². The molecule has 0 bridgehead atoms. The molecule has 1 aromatic heterocycles. The molecule has 1 heterocycles. The van der Waals surface area contributed by atoms with Crippen LogP contribution in [-0.4, -0.2) is 16.7 Å². The third-order valence-corrected chi connectivity index (χ3v) is 3.21. The Kier molecular flexibility index (Phi) is 3.93. The van der Waals surface area contributed by atoms with Crippen molar-refractivity contribution in [2.24, 2.45) is 5.92 Å². The summed E-state index contributed by atoms with van der Waals surface area (Å²) in [6.07, 6.45) is 2.14. The van der Waals surface area contributed by atoms with Gasteiger partial charge in [-0.15, -0.1) is 0 Å². The van der Waals surface area contributed by atoms with Crippen molar-refractivity contribution in [2.45, 2.75) is 33.2 Å². The van der Waals surface area contributed by atoms with Gasteiger partial charge >= 0.3 is 0 Å². The fourth-order valence-corrected chi connectivity index (χ4v) is 2.19. The molecular weight excluding hydrogens is 245 g/mol. The molecule has 104 valence electrons. The van der Waals surface area contributed by atoms with Crippen LogP contribution in [0.1, 0.15) is 26.7 Å². The number of aryl methyl sites for hydroxylation is 1. The first-order chi connectivity index (χ1) is 9.02. The summed E-state index contributed by atoms with van der Waals surface area (Å²) in [6, 6.07) is 3.02. The van der Waals surface area contributed by atoms with Crippen molar-refractivity contribution in [3.8, 4) is 5.75 Å². The fourth-order valence-electron chi connectivity index (χ4n) is 2.19. The Bertz CT molecular complexity index is 578.